The van der Waals surface area contributed by atoms with Crippen molar-refractivity contribution < 1.29 is 25.8 Å². The van der Waals surface area contributed by atoms with E-state index < -0.39 is 0 Å². The quantitative estimate of drug-likeness (QED) is 0.170. The van der Waals surface area contributed by atoms with E-state index in [1.54, 1.807) is 6.20 Å². The molecule has 8 rings (SSSR count). The Labute approximate surface area is 258 Å². The predicted molar refractivity (Wildman–Crippen MR) is 164 cm³/mol. The molecule has 1 aliphatic rings. The molecule has 200 valence electrons. The second-order valence-corrected chi connectivity index (χ2v) is 10.0. The fraction of sp³-hybridized carbons (Fsp3) is 0. The third kappa shape index (κ3) is 4.53. The average Bonchev–Trinajstić information content (AvgIpc) is 3.16. The Morgan fingerprint density at radius 2 is 1.07 bits per heavy atom. The van der Waals surface area contributed by atoms with Crippen molar-refractivity contribution in [3.63, 3.8) is 0 Å². The van der Waals surface area contributed by atoms with Gasteiger partial charge in [-0.2, -0.15) is 0 Å². The number of rotatable bonds is 4. The average molecular weight is 718 g/mol. The van der Waals surface area contributed by atoms with Gasteiger partial charge < -0.3 is 14.7 Å². The summed E-state index contributed by atoms with van der Waals surface area (Å²) in [7, 11) is 0. The van der Waals surface area contributed by atoms with E-state index in [0.29, 0.717) is 11.5 Å². The molecule has 0 amide bonds. The molecule has 0 saturated heterocycles. The van der Waals surface area contributed by atoms with E-state index in [0.717, 1.165) is 33.6 Å². The molecule has 42 heavy (non-hydrogen) atoms. The maximum absolute atomic E-state index is 6.21. The molecule has 0 radical (unpaired) electrons. The zero-order valence-electron chi connectivity index (χ0n) is 22.3. The molecular formula is C38H22N2OPt. The van der Waals surface area contributed by atoms with Crippen molar-refractivity contribution in [2.45, 2.75) is 0 Å². The normalized spacial score (nSPS) is 11.1. The molecule has 7 aromatic rings. The van der Waals surface area contributed by atoms with Gasteiger partial charge in [-0.1, -0.05) is 91.0 Å². The van der Waals surface area contributed by atoms with Crippen LogP contribution in [0, 0.1) is 12.1 Å². The Kier molecular flexibility index (Phi) is 6.74. The monoisotopic (exact) mass is 717 g/mol. The molecule has 2 aromatic heterocycles. The van der Waals surface area contributed by atoms with Gasteiger partial charge in [0.05, 0.1) is 0 Å². The molecule has 5 aromatic carbocycles. The van der Waals surface area contributed by atoms with Gasteiger partial charge in [0.25, 0.3) is 0 Å². The Balaban J connectivity index is 0.00000288. The number of nitrogens with zero attached hydrogens (tertiary/aromatic N) is 2. The van der Waals surface area contributed by atoms with Crippen molar-refractivity contribution in [3.05, 3.63) is 146 Å². The van der Waals surface area contributed by atoms with Crippen molar-refractivity contribution in [2.24, 2.45) is 0 Å². The third-order valence-electron chi connectivity index (χ3n) is 7.58. The van der Waals surface area contributed by atoms with Crippen molar-refractivity contribution in [3.8, 4) is 67.4 Å². The Bertz CT molecular complexity index is 2080. The summed E-state index contributed by atoms with van der Waals surface area (Å²) in [6.07, 6.45) is 3.78. The van der Waals surface area contributed by atoms with Gasteiger partial charge in [0.2, 0.25) is 0 Å². The Morgan fingerprint density at radius 1 is 0.476 bits per heavy atom. The number of hydrogen-bond donors (Lipinski definition) is 0. The number of fused-ring (bicyclic) bond motifs is 5. The first-order valence-corrected chi connectivity index (χ1v) is 13.6. The summed E-state index contributed by atoms with van der Waals surface area (Å²) < 4.78 is 6.21. The van der Waals surface area contributed by atoms with Crippen LogP contribution in [0.15, 0.2) is 134 Å². The SMILES string of the molecule is [Pt+2].[c-]1c(Oc2[c-]c(-c3cc4c(cn3)-c3ccccc3-c3cccc5cccc-4c35)ccc2)cccc1-c1ccccn1. The number of hydrogen-bond acceptors (Lipinski definition) is 3. The molecule has 0 aliphatic heterocycles. The molecule has 0 N–H and O–H groups in total. The van der Waals surface area contributed by atoms with Gasteiger partial charge in [0.1, 0.15) is 0 Å². The van der Waals surface area contributed by atoms with E-state index in [9.17, 15) is 0 Å². The van der Waals surface area contributed by atoms with Gasteiger partial charge in [0, 0.05) is 29.5 Å². The van der Waals surface area contributed by atoms with Gasteiger partial charge in [-0.3, -0.25) is 0 Å². The summed E-state index contributed by atoms with van der Waals surface area (Å²) in [5.41, 5.74) is 10.6. The van der Waals surface area contributed by atoms with Crippen LogP contribution in [0.1, 0.15) is 0 Å². The molecule has 0 atom stereocenters. The Morgan fingerprint density at radius 3 is 1.76 bits per heavy atom. The van der Waals surface area contributed by atoms with Crippen LogP contribution in [0.5, 0.6) is 11.5 Å². The van der Waals surface area contributed by atoms with E-state index in [2.05, 4.69) is 83.8 Å². The van der Waals surface area contributed by atoms with Gasteiger partial charge in [0.15, 0.2) is 0 Å². The molecule has 3 nitrogen and oxygen atoms in total. The first-order valence-electron chi connectivity index (χ1n) is 13.6. The van der Waals surface area contributed by atoms with Crippen molar-refractivity contribution in [1.29, 1.82) is 0 Å². The summed E-state index contributed by atoms with van der Waals surface area (Å²) in [4.78, 5) is 9.36. The van der Waals surface area contributed by atoms with Crippen LogP contribution in [0.3, 0.4) is 0 Å². The van der Waals surface area contributed by atoms with Crippen LogP contribution in [0.2, 0.25) is 0 Å². The van der Waals surface area contributed by atoms with Gasteiger partial charge >= 0.3 is 21.1 Å². The molecule has 2 heterocycles. The fourth-order valence-electron chi connectivity index (χ4n) is 5.74. The second-order valence-electron chi connectivity index (χ2n) is 10.0. The first kappa shape index (κ1) is 26.1. The summed E-state index contributed by atoms with van der Waals surface area (Å²) in [5, 5.41) is 2.50. The van der Waals surface area contributed by atoms with Crippen molar-refractivity contribution >= 4 is 10.8 Å². The zero-order chi connectivity index (χ0) is 27.2. The topological polar surface area (TPSA) is 35.0 Å². The van der Waals surface area contributed by atoms with Crippen molar-refractivity contribution in [1.82, 2.24) is 9.97 Å². The fourth-order valence-corrected chi connectivity index (χ4v) is 5.74. The molecule has 1 aliphatic carbocycles. The maximum atomic E-state index is 6.21. The van der Waals surface area contributed by atoms with Crippen LogP contribution < -0.4 is 4.74 Å². The van der Waals surface area contributed by atoms with E-state index in [1.165, 1.54) is 33.0 Å². The largest absolute Gasteiger partial charge is 2.00 e. The van der Waals surface area contributed by atoms with Crippen LogP contribution >= 0.6 is 0 Å². The van der Waals surface area contributed by atoms with Crippen LogP contribution in [-0.4, -0.2) is 9.97 Å². The molecule has 0 spiro atoms. The minimum Gasteiger partial charge on any atom is -0.497 e. The van der Waals surface area contributed by atoms with E-state index in [1.807, 2.05) is 60.8 Å². The second kappa shape index (κ2) is 10.9. The molecule has 0 bridgehead atoms. The van der Waals surface area contributed by atoms with Crippen LogP contribution in [0.4, 0.5) is 0 Å². The molecule has 4 heteroatoms. The van der Waals surface area contributed by atoms with E-state index >= 15 is 0 Å². The molecular weight excluding hydrogens is 696 g/mol. The van der Waals surface area contributed by atoms with Crippen molar-refractivity contribution in [2.75, 3.05) is 0 Å². The first-order chi connectivity index (χ1) is 20.3. The minimum atomic E-state index is 0. The maximum Gasteiger partial charge on any atom is 2.00 e. The smallest absolute Gasteiger partial charge is 0.497 e. The van der Waals surface area contributed by atoms with Crippen LogP contribution in [-0.2, 0) is 21.1 Å². The molecule has 0 fully saturated rings. The Hall–Kier alpha value is -4.85. The number of benzene rings is 5. The third-order valence-corrected chi connectivity index (χ3v) is 7.58. The van der Waals surface area contributed by atoms with Gasteiger partial charge in [-0.25, -0.2) is 0 Å². The summed E-state index contributed by atoms with van der Waals surface area (Å²) in [5.74, 6) is 1.21. The summed E-state index contributed by atoms with van der Waals surface area (Å²) in [6, 6.07) is 48.2. The number of pyridine rings is 2. The van der Waals surface area contributed by atoms with Crippen LogP contribution in [0.25, 0.3) is 66.7 Å². The summed E-state index contributed by atoms with van der Waals surface area (Å²) in [6.45, 7) is 0. The van der Waals surface area contributed by atoms with Gasteiger partial charge in [-0.15, -0.1) is 47.5 Å². The minimum absolute atomic E-state index is 0. The predicted octanol–water partition coefficient (Wildman–Crippen LogP) is 9.67. The summed E-state index contributed by atoms with van der Waals surface area (Å²) >= 11 is 0. The number of ether oxygens (including phenoxy) is 1. The number of aromatic nitrogens is 2. The molecule has 0 saturated carbocycles. The molecule has 0 unspecified atom stereocenters. The zero-order valence-corrected chi connectivity index (χ0v) is 24.6. The standard InChI is InChI=1S/C38H22N2O.Pt/c1-2-16-31-30(15-1)32-17-7-9-25-10-8-18-33(38(25)32)34-23-37(40-24-35(31)34)27-12-6-14-29(22-27)41-28-13-5-11-26(21-28)36-19-3-4-20-39-36;/h1-20,23-24H;/q-2;+2. The van der Waals surface area contributed by atoms with Gasteiger partial charge in [-0.05, 0) is 56.0 Å². The van der Waals surface area contributed by atoms with E-state index in [-0.39, 0.29) is 21.1 Å². The van der Waals surface area contributed by atoms with E-state index in [4.69, 9.17) is 9.72 Å².